The lowest BCUT2D eigenvalue weighted by molar-refractivity contribution is 0.301. The average molecular weight is 417 g/mol. The van der Waals surface area contributed by atoms with Crippen molar-refractivity contribution < 1.29 is 4.57 Å². The Kier molecular flexibility index (Phi) is 7.90. The van der Waals surface area contributed by atoms with E-state index in [0.717, 1.165) is 13.0 Å². The molecule has 29 heavy (non-hydrogen) atoms. The van der Waals surface area contributed by atoms with E-state index in [1.165, 1.54) is 95.7 Å². The second kappa shape index (κ2) is 10.6. The maximum atomic E-state index is 14.8. The van der Waals surface area contributed by atoms with E-state index in [2.05, 4.69) is 40.3 Å². The fraction of sp³-hybridized carbons (Fsp3) is 0.760. The molecule has 3 fully saturated rings. The van der Waals surface area contributed by atoms with Crippen LogP contribution in [0.5, 0.6) is 0 Å². The Hall–Kier alpha value is -0.630. The SMILES string of the molecule is O=P(NC(Cc1ccccc1)CN1CCCC1)(C1CCCCC1)C1CCCCC1. The van der Waals surface area contributed by atoms with Crippen LogP contribution in [-0.2, 0) is 11.0 Å². The largest absolute Gasteiger partial charge is 0.306 e. The minimum atomic E-state index is -2.40. The molecule has 1 heterocycles. The quantitative estimate of drug-likeness (QED) is 0.510. The van der Waals surface area contributed by atoms with Gasteiger partial charge in [-0.15, -0.1) is 0 Å². The zero-order valence-electron chi connectivity index (χ0n) is 18.2. The van der Waals surface area contributed by atoms with Crippen LogP contribution in [-0.4, -0.2) is 41.9 Å². The summed E-state index contributed by atoms with van der Waals surface area (Å²) in [6, 6.07) is 11.2. The molecule has 1 aromatic rings. The van der Waals surface area contributed by atoms with E-state index in [0.29, 0.717) is 17.4 Å². The molecule has 0 bridgehead atoms. The summed E-state index contributed by atoms with van der Waals surface area (Å²) in [5, 5.41) is 3.96. The standard InChI is InChI=1S/C25H41N2OP/c28-29(24-14-6-2-7-15-24,25-16-8-3-9-17-25)26-23(21-27-18-10-11-19-27)20-22-12-4-1-5-13-22/h1,4-5,12-13,23-25H,2-3,6-11,14-21H2,(H,26,28). The number of nitrogens with zero attached hydrogens (tertiary/aromatic N) is 1. The predicted octanol–water partition coefficient (Wildman–Crippen LogP) is 6.23. The first-order chi connectivity index (χ1) is 14.2. The van der Waals surface area contributed by atoms with Crippen LogP contribution in [0, 0.1) is 0 Å². The molecule has 1 saturated heterocycles. The van der Waals surface area contributed by atoms with E-state index in [1.54, 1.807) is 0 Å². The summed E-state index contributed by atoms with van der Waals surface area (Å²) in [7, 11) is -2.40. The number of nitrogens with one attached hydrogen (secondary N) is 1. The van der Waals surface area contributed by atoms with E-state index in [4.69, 9.17) is 0 Å². The maximum absolute atomic E-state index is 14.8. The van der Waals surface area contributed by atoms with Crippen molar-refractivity contribution in [1.29, 1.82) is 0 Å². The van der Waals surface area contributed by atoms with Crippen molar-refractivity contribution in [3.05, 3.63) is 35.9 Å². The summed E-state index contributed by atoms with van der Waals surface area (Å²) in [4.78, 5) is 2.60. The molecule has 2 aliphatic carbocycles. The van der Waals surface area contributed by atoms with Crippen LogP contribution >= 0.6 is 7.29 Å². The number of rotatable bonds is 8. The van der Waals surface area contributed by atoms with Gasteiger partial charge in [-0.05, 0) is 63.6 Å². The zero-order chi connectivity index (χ0) is 19.9. The first-order valence-corrected chi connectivity index (χ1v) is 14.2. The molecule has 4 heteroatoms. The van der Waals surface area contributed by atoms with Gasteiger partial charge in [-0.1, -0.05) is 68.9 Å². The van der Waals surface area contributed by atoms with Gasteiger partial charge in [-0.2, -0.15) is 0 Å². The first-order valence-electron chi connectivity index (χ1n) is 12.4. The summed E-state index contributed by atoms with van der Waals surface area (Å²) >= 11 is 0. The molecule has 1 N–H and O–H groups in total. The maximum Gasteiger partial charge on any atom is 0.154 e. The lowest BCUT2D eigenvalue weighted by Crippen LogP contribution is -2.44. The third-order valence-corrected chi connectivity index (χ3v) is 11.6. The highest BCUT2D eigenvalue weighted by atomic mass is 31.2. The molecule has 3 nitrogen and oxygen atoms in total. The molecular weight excluding hydrogens is 375 g/mol. The molecule has 0 amide bonds. The molecule has 4 rings (SSSR count). The van der Waals surface area contributed by atoms with Gasteiger partial charge < -0.3 is 9.46 Å². The second-order valence-corrected chi connectivity index (χ2v) is 13.0. The average Bonchev–Trinajstić information content (AvgIpc) is 3.28. The Labute approximate surface area is 178 Å². The lowest BCUT2D eigenvalue weighted by atomic mass is 9.99. The minimum absolute atomic E-state index is 0.310. The van der Waals surface area contributed by atoms with Gasteiger partial charge in [0.1, 0.15) is 0 Å². The summed E-state index contributed by atoms with van der Waals surface area (Å²) in [6.07, 6.45) is 16.2. The molecule has 1 atom stereocenters. The van der Waals surface area contributed by atoms with Gasteiger partial charge in [0.15, 0.2) is 7.29 Å². The van der Waals surface area contributed by atoms with E-state index in [9.17, 15) is 4.57 Å². The highest BCUT2D eigenvalue weighted by molar-refractivity contribution is 7.63. The molecule has 0 radical (unpaired) electrons. The van der Waals surface area contributed by atoms with E-state index in [-0.39, 0.29) is 0 Å². The van der Waals surface area contributed by atoms with Crippen LogP contribution in [0.4, 0.5) is 0 Å². The Morgan fingerprint density at radius 3 is 1.93 bits per heavy atom. The molecule has 0 aromatic heterocycles. The third-order valence-electron chi connectivity index (χ3n) is 7.62. The third kappa shape index (κ3) is 5.75. The fourth-order valence-corrected chi connectivity index (χ4v) is 10.1. The van der Waals surface area contributed by atoms with Crippen molar-refractivity contribution in [2.45, 2.75) is 101 Å². The molecular formula is C25H41N2OP. The monoisotopic (exact) mass is 416 g/mol. The van der Waals surface area contributed by atoms with Crippen molar-refractivity contribution in [3.8, 4) is 0 Å². The Bertz CT molecular complexity index is 624. The normalized spacial score (nSPS) is 24.0. The summed E-state index contributed by atoms with van der Waals surface area (Å²) in [5.74, 6) is 0. The number of likely N-dealkylation sites (tertiary alicyclic amines) is 1. The van der Waals surface area contributed by atoms with Crippen molar-refractivity contribution in [2.24, 2.45) is 0 Å². The molecule has 1 unspecified atom stereocenters. The van der Waals surface area contributed by atoms with Crippen molar-refractivity contribution in [2.75, 3.05) is 19.6 Å². The lowest BCUT2D eigenvalue weighted by Gasteiger charge is -2.41. The highest BCUT2D eigenvalue weighted by Gasteiger charge is 2.42. The zero-order valence-corrected chi connectivity index (χ0v) is 19.1. The molecule has 3 aliphatic rings. The van der Waals surface area contributed by atoms with Gasteiger partial charge in [0.25, 0.3) is 0 Å². The molecule has 162 valence electrons. The van der Waals surface area contributed by atoms with Crippen LogP contribution in [0.25, 0.3) is 0 Å². The van der Waals surface area contributed by atoms with Crippen LogP contribution in [0.1, 0.15) is 82.6 Å². The van der Waals surface area contributed by atoms with Gasteiger partial charge in [0, 0.05) is 23.9 Å². The number of hydrogen-bond acceptors (Lipinski definition) is 2. The predicted molar refractivity (Wildman–Crippen MR) is 124 cm³/mol. The molecule has 2 saturated carbocycles. The van der Waals surface area contributed by atoms with Gasteiger partial charge in [0.2, 0.25) is 0 Å². The van der Waals surface area contributed by atoms with E-state index >= 15 is 0 Å². The summed E-state index contributed by atoms with van der Waals surface area (Å²) in [5.41, 5.74) is 2.23. The Morgan fingerprint density at radius 2 is 1.38 bits per heavy atom. The molecule has 1 aromatic carbocycles. The Balaban J connectivity index is 1.54. The molecule has 0 spiro atoms. The van der Waals surface area contributed by atoms with Crippen molar-refractivity contribution in [1.82, 2.24) is 9.99 Å². The van der Waals surface area contributed by atoms with Gasteiger partial charge in [-0.3, -0.25) is 5.09 Å². The minimum Gasteiger partial charge on any atom is -0.306 e. The number of benzene rings is 1. The van der Waals surface area contributed by atoms with Gasteiger partial charge in [-0.25, -0.2) is 0 Å². The van der Waals surface area contributed by atoms with Crippen molar-refractivity contribution >= 4 is 7.29 Å². The van der Waals surface area contributed by atoms with Crippen molar-refractivity contribution in [3.63, 3.8) is 0 Å². The Morgan fingerprint density at radius 1 is 0.828 bits per heavy atom. The second-order valence-electron chi connectivity index (χ2n) is 9.82. The van der Waals surface area contributed by atoms with Gasteiger partial charge >= 0.3 is 0 Å². The van der Waals surface area contributed by atoms with E-state index < -0.39 is 7.29 Å². The number of hydrogen-bond donors (Lipinski definition) is 1. The molecule has 1 aliphatic heterocycles. The van der Waals surface area contributed by atoms with Crippen LogP contribution in [0.2, 0.25) is 0 Å². The first kappa shape index (κ1) is 21.6. The topological polar surface area (TPSA) is 32.3 Å². The summed E-state index contributed by atoms with van der Waals surface area (Å²) in [6.45, 7) is 3.48. The van der Waals surface area contributed by atoms with E-state index in [1.807, 2.05) is 0 Å². The van der Waals surface area contributed by atoms with Crippen LogP contribution in [0.3, 0.4) is 0 Å². The summed E-state index contributed by atoms with van der Waals surface area (Å²) < 4.78 is 14.8. The smallest absolute Gasteiger partial charge is 0.154 e. The fourth-order valence-electron chi connectivity index (χ4n) is 6.05. The van der Waals surface area contributed by atoms with Crippen LogP contribution < -0.4 is 5.09 Å². The van der Waals surface area contributed by atoms with Gasteiger partial charge in [0.05, 0.1) is 0 Å². The highest BCUT2D eigenvalue weighted by Crippen LogP contribution is 2.60. The van der Waals surface area contributed by atoms with Crippen LogP contribution in [0.15, 0.2) is 30.3 Å².